The van der Waals surface area contributed by atoms with Crippen molar-refractivity contribution >= 4 is 5.78 Å². The lowest BCUT2D eigenvalue weighted by atomic mass is 9.84. The summed E-state index contributed by atoms with van der Waals surface area (Å²) in [5.74, 6) is 1.27. The molecule has 0 aliphatic carbocycles. The molecule has 0 aromatic rings. The summed E-state index contributed by atoms with van der Waals surface area (Å²) in [6, 6.07) is 0. The minimum absolute atomic E-state index is 0.256. The summed E-state index contributed by atoms with van der Waals surface area (Å²) in [6.45, 7) is 7.75. The molecule has 1 unspecified atom stereocenters. The maximum atomic E-state index is 11.6. The standard InChI is InChI=1S/C11H19NO/c1-3-4-5-6-11(13)9(2)10-7-12-8-10/h3,9-10,12H,1,4-8H2,2H3. The molecule has 1 saturated heterocycles. The Balaban J connectivity index is 2.17. The second kappa shape index (κ2) is 5.18. The van der Waals surface area contributed by atoms with Gasteiger partial charge in [-0.05, 0) is 31.8 Å². The first-order valence-electron chi connectivity index (χ1n) is 5.10. The van der Waals surface area contributed by atoms with Crippen LogP contribution in [-0.4, -0.2) is 18.9 Å². The van der Waals surface area contributed by atoms with Crippen molar-refractivity contribution in [2.75, 3.05) is 13.1 Å². The molecule has 1 heterocycles. The van der Waals surface area contributed by atoms with Gasteiger partial charge in [-0.15, -0.1) is 6.58 Å². The average molecular weight is 181 g/mol. The zero-order valence-corrected chi connectivity index (χ0v) is 8.38. The first-order chi connectivity index (χ1) is 6.25. The molecule has 0 saturated carbocycles. The molecule has 13 heavy (non-hydrogen) atoms. The normalized spacial score (nSPS) is 19.2. The minimum Gasteiger partial charge on any atom is -0.316 e. The summed E-state index contributed by atoms with van der Waals surface area (Å²) in [5, 5.41) is 3.20. The molecule has 1 atom stereocenters. The molecule has 0 bridgehead atoms. The first kappa shape index (κ1) is 10.5. The molecule has 1 N–H and O–H groups in total. The topological polar surface area (TPSA) is 29.1 Å². The molecule has 0 amide bonds. The fourth-order valence-electron chi connectivity index (χ4n) is 1.58. The Kier molecular flexibility index (Phi) is 4.16. The van der Waals surface area contributed by atoms with Crippen LogP contribution in [0.4, 0.5) is 0 Å². The SMILES string of the molecule is C=CCCCC(=O)C(C)C1CNC1. The van der Waals surface area contributed by atoms with Gasteiger partial charge in [-0.25, -0.2) is 0 Å². The van der Waals surface area contributed by atoms with Crippen LogP contribution in [0, 0.1) is 11.8 Å². The number of carbonyl (C=O) groups is 1. The third-order valence-electron chi connectivity index (χ3n) is 2.86. The summed E-state index contributed by atoms with van der Waals surface area (Å²) in [6.07, 6.45) is 4.53. The fourth-order valence-corrected chi connectivity index (χ4v) is 1.58. The lowest BCUT2D eigenvalue weighted by Crippen LogP contribution is -2.47. The van der Waals surface area contributed by atoms with Crippen LogP contribution in [0.25, 0.3) is 0 Å². The quantitative estimate of drug-likeness (QED) is 0.500. The van der Waals surface area contributed by atoms with Crippen LogP contribution >= 0.6 is 0 Å². The predicted octanol–water partition coefficient (Wildman–Crippen LogP) is 1.77. The third-order valence-corrected chi connectivity index (χ3v) is 2.86. The highest BCUT2D eigenvalue weighted by molar-refractivity contribution is 5.81. The second-order valence-electron chi connectivity index (χ2n) is 3.85. The van der Waals surface area contributed by atoms with Crippen molar-refractivity contribution < 1.29 is 4.79 Å². The average Bonchev–Trinajstić information content (AvgIpc) is 2.01. The van der Waals surface area contributed by atoms with Crippen LogP contribution in [0.3, 0.4) is 0 Å². The monoisotopic (exact) mass is 181 g/mol. The molecule has 74 valence electrons. The van der Waals surface area contributed by atoms with Gasteiger partial charge in [0.15, 0.2) is 0 Å². The van der Waals surface area contributed by atoms with Gasteiger partial charge in [0.1, 0.15) is 5.78 Å². The molecular weight excluding hydrogens is 162 g/mol. The third kappa shape index (κ3) is 2.96. The molecule has 1 aliphatic heterocycles. The second-order valence-corrected chi connectivity index (χ2v) is 3.85. The summed E-state index contributed by atoms with van der Waals surface area (Å²) in [7, 11) is 0. The predicted molar refractivity (Wildman–Crippen MR) is 54.6 cm³/mol. The van der Waals surface area contributed by atoms with Crippen molar-refractivity contribution in [1.82, 2.24) is 5.32 Å². The Bertz CT molecular complexity index is 185. The van der Waals surface area contributed by atoms with E-state index < -0.39 is 0 Å². The van der Waals surface area contributed by atoms with Crippen LogP contribution in [-0.2, 0) is 4.79 Å². The lowest BCUT2D eigenvalue weighted by molar-refractivity contribution is -0.124. The van der Waals surface area contributed by atoms with Crippen molar-refractivity contribution in [3.05, 3.63) is 12.7 Å². The van der Waals surface area contributed by atoms with E-state index in [9.17, 15) is 4.79 Å². The number of nitrogens with one attached hydrogen (secondary N) is 1. The molecule has 0 spiro atoms. The summed E-state index contributed by atoms with van der Waals surface area (Å²) in [5.41, 5.74) is 0. The number of hydrogen-bond acceptors (Lipinski definition) is 2. The van der Waals surface area contributed by atoms with E-state index in [0.29, 0.717) is 11.7 Å². The van der Waals surface area contributed by atoms with Gasteiger partial charge in [-0.2, -0.15) is 0 Å². The van der Waals surface area contributed by atoms with Crippen LogP contribution < -0.4 is 5.32 Å². The van der Waals surface area contributed by atoms with Crippen molar-refractivity contribution in [3.8, 4) is 0 Å². The van der Waals surface area contributed by atoms with E-state index in [0.717, 1.165) is 32.4 Å². The van der Waals surface area contributed by atoms with Gasteiger partial charge in [-0.1, -0.05) is 13.0 Å². The molecule has 2 nitrogen and oxygen atoms in total. The van der Waals surface area contributed by atoms with E-state index in [-0.39, 0.29) is 5.92 Å². The van der Waals surface area contributed by atoms with Gasteiger partial charge in [0, 0.05) is 12.3 Å². The molecule has 0 radical (unpaired) electrons. The van der Waals surface area contributed by atoms with Crippen molar-refractivity contribution in [1.29, 1.82) is 0 Å². The molecule has 0 aromatic heterocycles. The van der Waals surface area contributed by atoms with E-state index in [4.69, 9.17) is 0 Å². The van der Waals surface area contributed by atoms with E-state index in [2.05, 4.69) is 18.8 Å². The fraction of sp³-hybridized carbons (Fsp3) is 0.727. The lowest BCUT2D eigenvalue weighted by Gasteiger charge is -2.31. The summed E-state index contributed by atoms with van der Waals surface area (Å²) in [4.78, 5) is 11.6. The molecule has 1 fully saturated rings. The number of hydrogen-bond donors (Lipinski definition) is 1. The molecule has 1 aliphatic rings. The Morgan fingerprint density at radius 3 is 2.85 bits per heavy atom. The van der Waals surface area contributed by atoms with Crippen LogP contribution in [0.2, 0.25) is 0 Å². The number of rotatable bonds is 6. The zero-order valence-electron chi connectivity index (χ0n) is 8.38. The Morgan fingerprint density at radius 1 is 1.69 bits per heavy atom. The first-order valence-corrected chi connectivity index (χ1v) is 5.10. The maximum absolute atomic E-state index is 11.6. The van der Waals surface area contributed by atoms with Crippen LogP contribution in [0.5, 0.6) is 0 Å². The van der Waals surface area contributed by atoms with Gasteiger partial charge >= 0.3 is 0 Å². The minimum atomic E-state index is 0.256. The Hall–Kier alpha value is -0.630. The highest BCUT2D eigenvalue weighted by Gasteiger charge is 2.27. The highest BCUT2D eigenvalue weighted by Crippen LogP contribution is 2.18. The summed E-state index contributed by atoms with van der Waals surface area (Å²) < 4.78 is 0. The van der Waals surface area contributed by atoms with Crippen molar-refractivity contribution in [2.45, 2.75) is 26.2 Å². The van der Waals surface area contributed by atoms with Crippen LogP contribution in [0.1, 0.15) is 26.2 Å². The van der Waals surface area contributed by atoms with Gasteiger partial charge in [0.05, 0.1) is 0 Å². The van der Waals surface area contributed by atoms with E-state index in [1.807, 2.05) is 6.08 Å². The summed E-state index contributed by atoms with van der Waals surface area (Å²) >= 11 is 0. The smallest absolute Gasteiger partial charge is 0.136 e. The molecular formula is C11H19NO. The number of carbonyl (C=O) groups excluding carboxylic acids is 1. The van der Waals surface area contributed by atoms with Gasteiger partial charge in [0.2, 0.25) is 0 Å². The van der Waals surface area contributed by atoms with E-state index in [1.54, 1.807) is 0 Å². The Labute approximate surface area is 80.4 Å². The zero-order chi connectivity index (χ0) is 9.68. The van der Waals surface area contributed by atoms with Crippen LogP contribution in [0.15, 0.2) is 12.7 Å². The van der Waals surface area contributed by atoms with Gasteiger partial charge in [-0.3, -0.25) is 4.79 Å². The largest absolute Gasteiger partial charge is 0.316 e. The number of ketones is 1. The molecule has 0 aromatic carbocycles. The van der Waals surface area contributed by atoms with E-state index in [1.165, 1.54) is 0 Å². The molecule has 2 heteroatoms. The van der Waals surface area contributed by atoms with E-state index >= 15 is 0 Å². The van der Waals surface area contributed by atoms with Crippen molar-refractivity contribution in [2.24, 2.45) is 11.8 Å². The molecule has 1 rings (SSSR count). The van der Waals surface area contributed by atoms with Gasteiger partial charge in [0.25, 0.3) is 0 Å². The maximum Gasteiger partial charge on any atom is 0.136 e. The van der Waals surface area contributed by atoms with Gasteiger partial charge < -0.3 is 5.32 Å². The van der Waals surface area contributed by atoms with Crippen molar-refractivity contribution in [3.63, 3.8) is 0 Å². The Morgan fingerprint density at radius 2 is 2.38 bits per heavy atom. The highest BCUT2D eigenvalue weighted by atomic mass is 16.1. The number of Topliss-reactive ketones (excluding diaryl/α,β-unsaturated/α-hetero) is 1. The number of allylic oxidation sites excluding steroid dienone is 1. The number of unbranched alkanes of at least 4 members (excludes halogenated alkanes) is 1.